The Hall–Kier alpha value is -1.14. The molecule has 0 bridgehead atoms. The van der Waals surface area contributed by atoms with Crippen LogP contribution in [0, 0.1) is 0 Å². The molecule has 1 rings (SSSR count). The molecule has 17 heavy (non-hydrogen) atoms. The van der Waals surface area contributed by atoms with E-state index in [-0.39, 0.29) is 4.90 Å². The Morgan fingerprint density at radius 1 is 1.41 bits per heavy atom. The molecule has 0 spiro atoms. The van der Waals surface area contributed by atoms with Crippen LogP contribution in [0.5, 0.6) is 0 Å². The Kier molecular flexibility index (Phi) is 4.89. The molecule has 0 saturated carbocycles. The van der Waals surface area contributed by atoms with Crippen LogP contribution in [0.1, 0.15) is 13.3 Å². The Labute approximate surface area is 103 Å². The highest BCUT2D eigenvalue weighted by atomic mass is 32.2. The van der Waals surface area contributed by atoms with E-state index in [9.17, 15) is 8.42 Å². The standard InChI is InChI=1S/C11H19N3O2S/c1-3-8-14(9-6-12)11-10(17(2,15)16)5-4-7-13-11/h4-5,7H,3,6,8-9,12H2,1-2H3. The maximum atomic E-state index is 11.7. The van der Waals surface area contributed by atoms with Crippen LogP contribution in [0.15, 0.2) is 23.2 Å². The third-order valence-electron chi connectivity index (χ3n) is 2.34. The van der Waals surface area contributed by atoms with E-state index in [0.29, 0.717) is 18.9 Å². The van der Waals surface area contributed by atoms with Gasteiger partial charge in [0.1, 0.15) is 10.7 Å². The second-order valence-electron chi connectivity index (χ2n) is 3.87. The number of rotatable bonds is 6. The van der Waals surface area contributed by atoms with Crippen molar-refractivity contribution < 1.29 is 8.42 Å². The van der Waals surface area contributed by atoms with E-state index in [4.69, 9.17) is 5.73 Å². The van der Waals surface area contributed by atoms with E-state index in [1.54, 1.807) is 18.3 Å². The average molecular weight is 257 g/mol. The van der Waals surface area contributed by atoms with Crippen LogP contribution in [-0.2, 0) is 9.84 Å². The largest absolute Gasteiger partial charge is 0.354 e. The number of pyridine rings is 1. The lowest BCUT2D eigenvalue weighted by molar-refractivity contribution is 0.600. The van der Waals surface area contributed by atoms with Crippen molar-refractivity contribution >= 4 is 15.7 Å². The molecule has 0 aliphatic carbocycles. The van der Waals surface area contributed by atoms with Crippen LogP contribution in [0.2, 0.25) is 0 Å². The Morgan fingerprint density at radius 2 is 2.12 bits per heavy atom. The average Bonchev–Trinajstić information content (AvgIpc) is 2.28. The molecular formula is C11H19N3O2S. The SMILES string of the molecule is CCCN(CCN)c1ncccc1S(C)(=O)=O. The molecule has 0 radical (unpaired) electrons. The summed E-state index contributed by atoms with van der Waals surface area (Å²) in [7, 11) is -3.26. The van der Waals surface area contributed by atoms with Crippen molar-refractivity contribution in [2.45, 2.75) is 18.2 Å². The molecule has 0 unspecified atom stereocenters. The fraction of sp³-hybridized carbons (Fsp3) is 0.545. The summed E-state index contributed by atoms with van der Waals surface area (Å²) in [6.07, 6.45) is 3.71. The minimum Gasteiger partial charge on any atom is -0.354 e. The number of hydrogen-bond acceptors (Lipinski definition) is 5. The smallest absolute Gasteiger partial charge is 0.179 e. The summed E-state index contributed by atoms with van der Waals surface area (Å²) < 4.78 is 23.3. The summed E-state index contributed by atoms with van der Waals surface area (Å²) in [5.74, 6) is 0.502. The van der Waals surface area contributed by atoms with Gasteiger partial charge in [0.15, 0.2) is 9.84 Å². The number of nitrogens with zero attached hydrogens (tertiary/aromatic N) is 2. The van der Waals surface area contributed by atoms with E-state index in [0.717, 1.165) is 13.0 Å². The molecule has 0 aromatic carbocycles. The molecular weight excluding hydrogens is 238 g/mol. The fourth-order valence-corrected chi connectivity index (χ4v) is 2.50. The number of anilines is 1. The molecule has 1 heterocycles. The van der Waals surface area contributed by atoms with Crippen LogP contribution in [0.3, 0.4) is 0 Å². The van der Waals surface area contributed by atoms with Crippen LogP contribution < -0.4 is 10.6 Å². The highest BCUT2D eigenvalue weighted by Crippen LogP contribution is 2.21. The van der Waals surface area contributed by atoms with E-state index in [2.05, 4.69) is 4.98 Å². The lowest BCUT2D eigenvalue weighted by Gasteiger charge is -2.24. The van der Waals surface area contributed by atoms with E-state index in [1.165, 1.54) is 6.26 Å². The lowest BCUT2D eigenvalue weighted by Crippen LogP contribution is -2.32. The second-order valence-corrected chi connectivity index (χ2v) is 5.86. The fourth-order valence-electron chi connectivity index (χ4n) is 1.66. The summed E-state index contributed by atoms with van der Waals surface area (Å²) in [6, 6.07) is 3.21. The van der Waals surface area contributed by atoms with Crippen molar-refractivity contribution in [1.82, 2.24) is 4.98 Å². The van der Waals surface area contributed by atoms with E-state index >= 15 is 0 Å². The van der Waals surface area contributed by atoms with Gasteiger partial charge in [0.2, 0.25) is 0 Å². The second kappa shape index (κ2) is 5.97. The number of sulfone groups is 1. The monoisotopic (exact) mass is 257 g/mol. The molecule has 0 amide bonds. The van der Waals surface area contributed by atoms with E-state index in [1.807, 2.05) is 11.8 Å². The van der Waals surface area contributed by atoms with Crippen LogP contribution in [0.25, 0.3) is 0 Å². The lowest BCUT2D eigenvalue weighted by atomic mass is 10.3. The summed E-state index contributed by atoms with van der Waals surface area (Å²) in [5.41, 5.74) is 5.54. The van der Waals surface area contributed by atoms with Gasteiger partial charge in [0.05, 0.1) is 0 Å². The van der Waals surface area contributed by atoms with Gasteiger partial charge in [-0.1, -0.05) is 6.92 Å². The molecule has 2 N–H and O–H groups in total. The van der Waals surface area contributed by atoms with Crippen LogP contribution in [0.4, 0.5) is 5.82 Å². The van der Waals surface area contributed by atoms with Gasteiger partial charge in [-0.2, -0.15) is 0 Å². The third kappa shape index (κ3) is 3.67. The van der Waals surface area contributed by atoms with Gasteiger partial charge >= 0.3 is 0 Å². The highest BCUT2D eigenvalue weighted by molar-refractivity contribution is 7.90. The molecule has 5 nitrogen and oxygen atoms in total. The minimum absolute atomic E-state index is 0.266. The zero-order valence-electron chi connectivity index (χ0n) is 10.3. The summed E-state index contributed by atoms with van der Waals surface area (Å²) in [6.45, 7) is 3.86. The molecule has 6 heteroatoms. The van der Waals surface area contributed by atoms with E-state index < -0.39 is 9.84 Å². The third-order valence-corrected chi connectivity index (χ3v) is 3.46. The van der Waals surface area contributed by atoms with Gasteiger partial charge in [0.25, 0.3) is 0 Å². The molecule has 0 atom stereocenters. The topological polar surface area (TPSA) is 76.3 Å². The van der Waals surface area contributed by atoms with Crippen molar-refractivity contribution in [3.63, 3.8) is 0 Å². The normalized spacial score (nSPS) is 11.5. The zero-order valence-corrected chi connectivity index (χ0v) is 11.1. The van der Waals surface area contributed by atoms with Gasteiger partial charge in [-0.05, 0) is 18.6 Å². The molecule has 1 aromatic heterocycles. The Bertz CT molecular complexity index is 454. The van der Waals surface area contributed by atoms with Gasteiger partial charge in [-0.25, -0.2) is 13.4 Å². The zero-order chi connectivity index (χ0) is 12.9. The van der Waals surface area contributed by atoms with Crippen molar-refractivity contribution in [1.29, 1.82) is 0 Å². The van der Waals surface area contributed by atoms with Crippen molar-refractivity contribution in [2.24, 2.45) is 5.73 Å². The molecule has 0 fully saturated rings. The summed E-state index contributed by atoms with van der Waals surface area (Å²) >= 11 is 0. The maximum Gasteiger partial charge on any atom is 0.179 e. The molecule has 1 aromatic rings. The van der Waals surface area contributed by atoms with Crippen LogP contribution in [-0.4, -0.2) is 39.3 Å². The van der Waals surface area contributed by atoms with Gasteiger partial charge in [0, 0.05) is 32.1 Å². The van der Waals surface area contributed by atoms with Crippen molar-refractivity contribution in [3.05, 3.63) is 18.3 Å². The maximum absolute atomic E-state index is 11.7. The quantitative estimate of drug-likeness (QED) is 0.810. The number of hydrogen-bond donors (Lipinski definition) is 1. The predicted octanol–water partition coefficient (Wildman–Crippen LogP) is 0.660. The molecule has 0 aliphatic heterocycles. The first-order chi connectivity index (χ1) is 8.00. The molecule has 0 saturated heterocycles. The van der Waals surface area contributed by atoms with Gasteiger partial charge < -0.3 is 10.6 Å². The Morgan fingerprint density at radius 3 is 2.65 bits per heavy atom. The summed E-state index contributed by atoms with van der Waals surface area (Å²) in [4.78, 5) is 6.35. The van der Waals surface area contributed by atoms with Gasteiger partial charge in [-0.15, -0.1) is 0 Å². The van der Waals surface area contributed by atoms with Crippen molar-refractivity contribution in [2.75, 3.05) is 30.8 Å². The first kappa shape index (κ1) is 13.9. The number of aromatic nitrogens is 1. The number of nitrogens with two attached hydrogens (primary N) is 1. The summed E-state index contributed by atoms with van der Waals surface area (Å²) in [5, 5.41) is 0. The first-order valence-corrected chi connectivity index (χ1v) is 7.50. The highest BCUT2D eigenvalue weighted by Gasteiger charge is 2.18. The first-order valence-electron chi connectivity index (χ1n) is 5.60. The minimum atomic E-state index is -3.26. The van der Waals surface area contributed by atoms with Gasteiger partial charge in [-0.3, -0.25) is 0 Å². The molecule has 0 aliphatic rings. The predicted molar refractivity (Wildman–Crippen MR) is 68.9 cm³/mol. The Balaban J connectivity index is 3.18. The van der Waals surface area contributed by atoms with Crippen molar-refractivity contribution in [3.8, 4) is 0 Å². The molecule has 96 valence electrons. The van der Waals surface area contributed by atoms with Crippen LogP contribution >= 0.6 is 0 Å².